The fraction of sp³-hybridized carbons (Fsp3) is 0.714. The summed E-state index contributed by atoms with van der Waals surface area (Å²) in [4.78, 5) is 0. The molecule has 0 saturated carbocycles. The normalized spacial score (nSPS) is 27.6. The van der Waals surface area contributed by atoms with Gasteiger partial charge in [-0.05, 0) is 12.0 Å². The highest BCUT2D eigenvalue weighted by molar-refractivity contribution is 6.78. The lowest BCUT2D eigenvalue weighted by Crippen LogP contribution is -2.29. The molecule has 0 bridgehead atoms. The van der Waals surface area contributed by atoms with Crippen LogP contribution in [0, 0.1) is 0 Å². The molecule has 0 aromatic heterocycles. The van der Waals surface area contributed by atoms with E-state index >= 15 is 0 Å². The predicted molar refractivity (Wildman–Crippen MR) is 40.9 cm³/mol. The van der Waals surface area contributed by atoms with Crippen LogP contribution in [0.1, 0.15) is 6.42 Å². The first kappa shape index (κ1) is 6.08. The molecule has 0 saturated heterocycles. The number of hydrogen-bond donors (Lipinski definition) is 0. The van der Waals surface area contributed by atoms with Crippen LogP contribution in [0.5, 0.6) is 0 Å². The molecule has 1 atom stereocenters. The Labute approximate surface area is 52.6 Å². The number of hydrogen-bond acceptors (Lipinski definition) is 0. The molecule has 1 heteroatoms. The highest BCUT2D eigenvalue weighted by Gasteiger charge is 2.26. The molecule has 0 fully saturated rings. The summed E-state index contributed by atoms with van der Waals surface area (Å²) in [5, 5.41) is 0. The fourth-order valence-electron chi connectivity index (χ4n) is 0.914. The molecule has 0 spiro atoms. The summed E-state index contributed by atoms with van der Waals surface area (Å²) in [5.74, 6) is 0. The van der Waals surface area contributed by atoms with E-state index in [1.165, 1.54) is 6.42 Å². The summed E-state index contributed by atoms with van der Waals surface area (Å²) in [6, 6.07) is 0. The zero-order valence-corrected chi connectivity index (χ0v) is 6.94. The Hall–Kier alpha value is -0.0431. The van der Waals surface area contributed by atoms with Gasteiger partial charge in [0.25, 0.3) is 0 Å². The Bertz CT molecular complexity index is 108. The van der Waals surface area contributed by atoms with Crippen molar-refractivity contribution in [3.8, 4) is 0 Å². The highest BCUT2D eigenvalue weighted by Crippen LogP contribution is 2.33. The minimum atomic E-state index is -0.761. The lowest BCUT2D eigenvalue weighted by atomic mass is 10.1. The average molecular weight is 126 g/mol. The molecule has 0 nitrogen and oxygen atoms in total. The van der Waals surface area contributed by atoms with Crippen LogP contribution in [0.2, 0.25) is 25.2 Å². The van der Waals surface area contributed by atoms with Gasteiger partial charge in [0.05, 0.1) is 8.07 Å². The Morgan fingerprint density at radius 2 is 1.88 bits per heavy atom. The maximum atomic E-state index is 2.43. The number of allylic oxidation sites excluding steroid dienone is 2. The van der Waals surface area contributed by atoms with Crippen molar-refractivity contribution in [2.24, 2.45) is 0 Å². The van der Waals surface area contributed by atoms with Gasteiger partial charge in [0.1, 0.15) is 0 Å². The quantitative estimate of drug-likeness (QED) is 0.374. The summed E-state index contributed by atoms with van der Waals surface area (Å²) in [6.07, 6.45) is 6.00. The highest BCUT2D eigenvalue weighted by atomic mass is 28.3. The third-order valence-corrected chi connectivity index (χ3v) is 4.52. The summed E-state index contributed by atoms with van der Waals surface area (Å²) >= 11 is 0. The first-order valence-corrected chi connectivity index (χ1v) is 6.85. The van der Waals surface area contributed by atoms with Gasteiger partial charge >= 0.3 is 0 Å². The van der Waals surface area contributed by atoms with E-state index in [2.05, 4.69) is 31.8 Å². The smallest absolute Gasteiger partial charge is 0.0517 e. The van der Waals surface area contributed by atoms with Gasteiger partial charge in [0.2, 0.25) is 0 Å². The maximum Gasteiger partial charge on any atom is 0.0517 e. The molecule has 0 amide bonds. The van der Waals surface area contributed by atoms with Crippen LogP contribution in [0.4, 0.5) is 0 Å². The van der Waals surface area contributed by atoms with Crippen LogP contribution < -0.4 is 0 Å². The summed E-state index contributed by atoms with van der Waals surface area (Å²) in [6.45, 7) is 7.30. The largest absolute Gasteiger partial charge is 0.0882 e. The zero-order chi connectivity index (χ0) is 6.20. The molecule has 0 aliphatic heterocycles. The van der Waals surface area contributed by atoms with Gasteiger partial charge in [-0.1, -0.05) is 31.8 Å². The SMILES string of the molecule is C[Si](C)(C)C1C=CC1. The lowest BCUT2D eigenvalue weighted by Gasteiger charge is -2.29. The lowest BCUT2D eigenvalue weighted by molar-refractivity contribution is 0.912. The van der Waals surface area contributed by atoms with Crippen LogP contribution in [-0.2, 0) is 0 Å². The van der Waals surface area contributed by atoms with Crippen molar-refractivity contribution in [3.63, 3.8) is 0 Å². The van der Waals surface area contributed by atoms with Gasteiger partial charge in [0, 0.05) is 0 Å². The Morgan fingerprint density at radius 3 is 1.88 bits per heavy atom. The summed E-state index contributed by atoms with van der Waals surface area (Å²) in [7, 11) is -0.761. The van der Waals surface area contributed by atoms with Crippen LogP contribution in [0.15, 0.2) is 12.2 Å². The molecule has 0 aromatic carbocycles. The van der Waals surface area contributed by atoms with Crippen molar-refractivity contribution in [3.05, 3.63) is 12.2 Å². The van der Waals surface area contributed by atoms with Gasteiger partial charge < -0.3 is 0 Å². The van der Waals surface area contributed by atoms with E-state index in [-0.39, 0.29) is 0 Å². The van der Waals surface area contributed by atoms with Crippen molar-refractivity contribution in [2.45, 2.75) is 31.6 Å². The van der Waals surface area contributed by atoms with E-state index in [4.69, 9.17) is 0 Å². The molecular formula is C7H14Si. The van der Waals surface area contributed by atoms with E-state index in [0.29, 0.717) is 0 Å². The van der Waals surface area contributed by atoms with Crippen molar-refractivity contribution in [1.82, 2.24) is 0 Å². The third kappa shape index (κ3) is 1.02. The molecule has 0 heterocycles. The fourth-order valence-corrected chi connectivity index (χ4v) is 2.47. The molecule has 1 aliphatic carbocycles. The van der Waals surface area contributed by atoms with E-state index in [0.717, 1.165) is 5.54 Å². The van der Waals surface area contributed by atoms with Gasteiger partial charge in [0.15, 0.2) is 0 Å². The number of rotatable bonds is 1. The van der Waals surface area contributed by atoms with Crippen LogP contribution in [0.25, 0.3) is 0 Å². The maximum absolute atomic E-state index is 2.43. The minimum Gasteiger partial charge on any atom is -0.0882 e. The standard InChI is InChI=1S/C7H14Si/c1-8(2,3)7-5-4-6-7/h4-5,7H,6H2,1-3H3. The molecule has 0 aromatic rings. The Morgan fingerprint density at radius 1 is 1.38 bits per heavy atom. The predicted octanol–water partition coefficient (Wildman–Crippen LogP) is 2.65. The van der Waals surface area contributed by atoms with Crippen molar-refractivity contribution >= 4 is 8.07 Å². The van der Waals surface area contributed by atoms with Crippen LogP contribution in [-0.4, -0.2) is 8.07 Å². The molecular weight excluding hydrogens is 112 g/mol. The molecule has 8 heavy (non-hydrogen) atoms. The first-order valence-electron chi connectivity index (χ1n) is 3.27. The third-order valence-electron chi connectivity index (χ3n) is 1.87. The molecule has 1 aliphatic rings. The molecule has 1 unspecified atom stereocenters. The topological polar surface area (TPSA) is 0 Å². The van der Waals surface area contributed by atoms with Crippen LogP contribution in [0.3, 0.4) is 0 Å². The van der Waals surface area contributed by atoms with Crippen LogP contribution >= 0.6 is 0 Å². The van der Waals surface area contributed by atoms with Crippen molar-refractivity contribution < 1.29 is 0 Å². The monoisotopic (exact) mass is 126 g/mol. The molecule has 1 rings (SSSR count). The van der Waals surface area contributed by atoms with Gasteiger partial charge in [-0.15, -0.1) is 0 Å². The molecule has 0 radical (unpaired) electrons. The molecule has 46 valence electrons. The van der Waals surface area contributed by atoms with Gasteiger partial charge in [-0.2, -0.15) is 0 Å². The summed E-state index contributed by atoms with van der Waals surface area (Å²) < 4.78 is 0. The first-order chi connectivity index (χ1) is 3.61. The second-order valence-electron chi connectivity index (χ2n) is 3.64. The Balaban J connectivity index is 2.48. The average Bonchev–Trinajstić information content (AvgIpc) is 1.16. The second-order valence-corrected chi connectivity index (χ2v) is 9.11. The Kier molecular flexibility index (Phi) is 1.31. The second kappa shape index (κ2) is 1.73. The molecule has 0 N–H and O–H groups in total. The summed E-state index contributed by atoms with van der Waals surface area (Å²) in [5.41, 5.74) is 0.988. The van der Waals surface area contributed by atoms with Gasteiger partial charge in [-0.25, -0.2) is 0 Å². The zero-order valence-electron chi connectivity index (χ0n) is 5.94. The van der Waals surface area contributed by atoms with E-state index in [9.17, 15) is 0 Å². The van der Waals surface area contributed by atoms with Crippen molar-refractivity contribution in [1.29, 1.82) is 0 Å². The van der Waals surface area contributed by atoms with Gasteiger partial charge in [-0.3, -0.25) is 0 Å². The van der Waals surface area contributed by atoms with E-state index in [1.54, 1.807) is 0 Å². The van der Waals surface area contributed by atoms with E-state index < -0.39 is 8.07 Å². The van der Waals surface area contributed by atoms with E-state index in [1.807, 2.05) is 0 Å². The van der Waals surface area contributed by atoms with Crippen molar-refractivity contribution in [2.75, 3.05) is 0 Å². The minimum absolute atomic E-state index is 0.761.